The van der Waals surface area contributed by atoms with Gasteiger partial charge in [0, 0.05) is 12.6 Å². The van der Waals surface area contributed by atoms with Crippen molar-refractivity contribution in [1.82, 2.24) is 4.90 Å². The van der Waals surface area contributed by atoms with E-state index >= 15 is 0 Å². The average Bonchev–Trinajstić information content (AvgIpc) is 2.30. The van der Waals surface area contributed by atoms with Crippen LogP contribution < -0.4 is 0 Å². The molecule has 16 heavy (non-hydrogen) atoms. The van der Waals surface area contributed by atoms with Crippen LogP contribution >= 0.6 is 0 Å². The SMILES string of the molecule is C[C@@H](Cc1ccccc1)N1CCC[C@@H](O)C1. The van der Waals surface area contributed by atoms with Crippen molar-refractivity contribution in [2.45, 2.75) is 38.3 Å². The first kappa shape index (κ1) is 11.6. The van der Waals surface area contributed by atoms with Gasteiger partial charge in [-0.2, -0.15) is 0 Å². The zero-order chi connectivity index (χ0) is 11.4. The molecule has 0 radical (unpaired) electrons. The number of nitrogens with zero attached hydrogens (tertiary/aromatic N) is 1. The van der Waals surface area contributed by atoms with Crippen LogP contribution in [-0.2, 0) is 6.42 Å². The number of aliphatic hydroxyl groups is 1. The molecule has 1 aliphatic heterocycles. The molecule has 1 fully saturated rings. The predicted molar refractivity (Wildman–Crippen MR) is 66.4 cm³/mol. The van der Waals surface area contributed by atoms with E-state index in [1.54, 1.807) is 0 Å². The molecule has 0 amide bonds. The summed E-state index contributed by atoms with van der Waals surface area (Å²) in [5.74, 6) is 0. The number of hydrogen-bond acceptors (Lipinski definition) is 2. The van der Waals surface area contributed by atoms with Gasteiger partial charge in [-0.05, 0) is 38.3 Å². The highest BCUT2D eigenvalue weighted by molar-refractivity contribution is 5.15. The van der Waals surface area contributed by atoms with E-state index in [4.69, 9.17) is 0 Å². The quantitative estimate of drug-likeness (QED) is 0.841. The lowest BCUT2D eigenvalue weighted by atomic mass is 10.0. The Kier molecular flexibility index (Phi) is 3.97. The van der Waals surface area contributed by atoms with Gasteiger partial charge < -0.3 is 5.11 Å². The topological polar surface area (TPSA) is 23.5 Å². The van der Waals surface area contributed by atoms with E-state index in [0.717, 1.165) is 32.4 Å². The Morgan fingerprint density at radius 2 is 2.12 bits per heavy atom. The van der Waals surface area contributed by atoms with E-state index in [1.165, 1.54) is 5.56 Å². The van der Waals surface area contributed by atoms with Crippen molar-refractivity contribution in [3.05, 3.63) is 35.9 Å². The normalized spacial score (nSPS) is 24.2. The lowest BCUT2D eigenvalue weighted by molar-refractivity contribution is 0.0507. The maximum atomic E-state index is 9.65. The molecule has 0 aliphatic carbocycles. The molecule has 1 aliphatic rings. The number of likely N-dealkylation sites (tertiary alicyclic amines) is 1. The second kappa shape index (κ2) is 5.46. The maximum Gasteiger partial charge on any atom is 0.0667 e. The van der Waals surface area contributed by atoms with Crippen molar-refractivity contribution in [2.75, 3.05) is 13.1 Å². The Balaban J connectivity index is 1.90. The van der Waals surface area contributed by atoms with Crippen molar-refractivity contribution < 1.29 is 5.11 Å². The van der Waals surface area contributed by atoms with Gasteiger partial charge in [0.05, 0.1) is 6.10 Å². The van der Waals surface area contributed by atoms with Crippen molar-refractivity contribution >= 4 is 0 Å². The molecule has 0 unspecified atom stereocenters. The molecule has 0 saturated carbocycles. The summed E-state index contributed by atoms with van der Waals surface area (Å²) in [6.07, 6.45) is 3.05. The largest absolute Gasteiger partial charge is 0.392 e. The van der Waals surface area contributed by atoms with Gasteiger partial charge in [0.25, 0.3) is 0 Å². The van der Waals surface area contributed by atoms with E-state index in [0.29, 0.717) is 6.04 Å². The van der Waals surface area contributed by atoms with Crippen LogP contribution in [0.5, 0.6) is 0 Å². The highest BCUT2D eigenvalue weighted by Crippen LogP contribution is 2.15. The number of piperidine rings is 1. The van der Waals surface area contributed by atoms with E-state index in [9.17, 15) is 5.11 Å². The van der Waals surface area contributed by atoms with E-state index in [1.807, 2.05) is 0 Å². The molecule has 0 spiro atoms. The van der Waals surface area contributed by atoms with Crippen LogP contribution in [0.25, 0.3) is 0 Å². The van der Waals surface area contributed by atoms with E-state index in [-0.39, 0.29) is 6.10 Å². The minimum Gasteiger partial charge on any atom is -0.392 e. The minimum absolute atomic E-state index is 0.119. The van der Waals surface area contributed by atoms with Crippen LogP contribution in [-0.4, -0.2) is 35.2 Å². The summed E-state index contributed by atoms with van der Waals surface area (Å²) in [7, 11) is 0. The Morgan fingerprint density at radius 3 is 2.81 bits per heavy atom. The Hall–Kier alpha value is -0.860. The highest BCUT2D eigenvalue weighted by Gasteiger charge is 2.21. The summed E-state index contributed by atoms with van der Waals surface area (Å²) >= 11 is 0. The van der Waals surface area contributed by atoms with Gasteiger partial charge in [0.2, 0.25) is 0 Å². The van der Waals surface area contributed by atoms with Crippen LogP contribution in [0.1, 0.15) is 25.3 Å². The summed E-state index contributed by atoms with van der Waals surface area (Å²) in [4.78, 5) is 2.40. The summed E-state index contributed by atoms with van der Waals surface area (Å²) in [5.41, 5.74) is 1.38. The standard InChI is InChI=1S/C14H21NO/c1-12(10-13-6-3-2-4-7-13)15-9-5-8-14(16)11-15/h2-4,6-7,12,14,16H,5,8-11H2,1H3/t12-,14+/m0/s1. The Bertz CT molecular complexity index is 312. The molecule has 88 valence electrons. The summed E-state index contributed by atoms with van der Waals surface area (Å²) in [5, 5.41) is 9.65. The molecule has 0 aromatic heterocycles. The molecule has 2 rings (SSSR count). The number of β-amino-alcohol motifs (C(OH)–C–C–N with tert-alkyl or cyclic N) is 1. The Labute approximate surface area is 97.9 Å². The fourth-order valence-electron chi connectivity index (χ4n) is 2.47. The molecule has 1 heterocycles. The maximum absolute atomic E-state index is 9.65. The third kappa shape index (κ3) is 3.06. The lowest BCUT2D eigenvalue weighted by Crippen LogP contribution is -2.44. The van der Waals surface area contributed by atoms with Crippen molar-refractivity contribution in [2.24, 2.45) is 0 Å². The lowest BCUT2D eigenvalue weighted by Gasteiger charge is -2.35. The summed E-state index contributed by atoms with van der Waals surface area (Å²) in [6, 6.07) is 11.1. The molecule has 1 aromatic carbocycles. The van der Waals surface area contributed by atoms with Crippen molar-refractivity contribution in [3.63, 3.8) is 0 Å². The number of hydrogen-bond donors (Lipinski definition) is 1. The molecular weight excluding hydrogens is 198 g/mol. The molecule has 1 N–H and O–H groups in total. The monoisotopic (exact) mass is 219 g/mol. The first-order valence-electron chi connectivity index (χ1n) is 6.22. The van der Waals surface area contributed by atoms with Gasteiger partial charge >= 0.3 is 0 Å². The van der Waals surface area contributed by atoms with Gasteiger partial charge in [-0.3, -0.25) is 4.90 Å². The van der Waals surface area contributed by atoms with Crippen LogP contribution in [0.4, 0.5) is 0 Å². The molecule has 1 aromatic rings. The van der Waals surface area contributed by atoms with Gasteiger partial charge in [-0.15, -0.1) is 0 Å². The van der Waals surface area contributed by atoms with Crippen LogP contribution in [0, 0.1) is 0 Å². The van der Waals surface area contributed by atoms with E-state index < -0.39 is 0 Å². The second-order valence-corrected chi connectivity index (χ2v) is 4.83. The van der Waals surface area contributed by atoms with Crippen LogP contribution in [0.3, 0.4) is 0 Å². The Morgan fingerprint density at radius 1 is 1.38 bits per heavy atom. The van der Waals surface area contributed by atoms with Crippen LogP contribution in [0.15, 0.2) is 30.3 Å². The molecule has 2 atom stereocenters. The first-order valence-corrected chi connectivity index (χ1v) is 6.22. The molecule has 2 heteroatoms. The van der Waals surface area contributed by atoms with Crippen molar-refractivity contribution in [1.29, 1.82) is 0 Å². The summed E-state index contributed by atoms with van der Waals surface area (Å²) < 4.78 is 0. The number of aliphatic hydroxyl groups excluding tert-OH is 1. The average molecular weight is 219 g/mol. The highest BCUT2D eigenvalue weighted by atomic mass is 16.3. The van der Waals surface area contributed by atoms with Gasteiger partial charge in [-0.1, -0.05) is 30.3 Å². The molecule has 2 nitrogen and oxygen atoms in total. The van der Waals surface area contributed by atoms with Gasteiger partial charge in [0.1, 0.15) is 0 Å². The predicted octanol–water partition coefficient (Wildman–Crippen LogP) is 2.07. The fraction of sp³-hybridized carbons (Fsp3) is 0.571. The van der Waals surface area contributed by atoms with Gasteiger partial charge in [-0.25, -0.2) is 0 Å². The number of benzene rings is 1. The zero-order valence-corrected chi connectivity index (χ0v) is 9.97. The minimum atomic E-state index is -0.119. The molecular formula is C14H21NO. The van der Waals surface area contributed by atoms with Crippen molar-refractivity contribution in [3.8, 4) is 0 Å². The third-order valence-electron chi connectivity index (χ3n) is 3.43. The zero-order valence-electron chi connectivity index (χ0n) is 9.97. The second-order valence-electron chi connectivity index (χ2n) is 4.83. The fourth-order valence-corrected chi connectivity index (χ4v) is 2.47. The van der Waals surface area contributed by atoms with Gasteiger partial charge in [0.15, 0.2) is 0 Å². The smallest absolute Gasteiger partial charge is 0.0667 e. The van der Waals surface area contributed by atoms with E-state index in [2.05, 4.69) is 42.2 Å². The number of rotatable bonds is 3. The first-order chi connectivity index (χ1) is 7.75. The molecule has 1 saturated heterocycles. The van der Waals surface area contributed by atoms with Crippen LogP contribution in [0.2, 0.25) is 0 Å². The summed E-state index contributed by atoms with van der Waals surface area (Å²) in [6.45, 7) is 4.23. The third-order valence-corrected chi connectivity index (χ3v) is 3.43. The molecule has 0 bridgehead atoms.